The molecule has 19 heavy (non-hydrogen) atoms. The van der Waals surface area contributed by atoms with Crippen LogP contribution >= 0.6 is 0 Å². The number of hydrogen-bond acceptors (Lipinski definition) is 3. The van der Waals surface area contributed by atoms with E-state index in [1.54, 1.807) is 18.0 Å². The summed E-state index contributed by atoms with van der Waals surface area (Å²) < 4.78 is 5.56. The fraction of sp³-hybridized carbons (Fsp3) is 0.200. The number of benzene rings is 1. The van der Waals surface area contributed by atoms with Crippen LogP contribution in [0.1, 0.15) is 12.5 Å². The van der Waals surface area contributed by atoms with Crippen molar-refractivity contribution < 1.29 is 9.53 Å². The predicted octanol–water partition coefficient (Wildman–Crippen LogP) is 2.40. The molecule has 0 N–H and O–H groups in total. The lowest BCUT2D eigenvalue weighted by molar-refractivity contribution is -0.125. The number of pyridine rings is 1. The van der Waals surface area contributed by atoms with Gasteiger partial charge in [-0.15, -0.1) is 0 Å². The first-order valence-electron chi connectivity index (χ1n) is 6.22. The van der Waals surface area contributed by atoms with Gasteiger partial charge in [-0.25, -0.2) is 4.98 Å². The summed E-state index contributed by atoms with van der Waals surface area (Å²) in [5, 5.41) is 0. The Morgan fingerprint density at radius 3 is 2.79 bits per heavy atom. The second kappa shape index (κ2) is 4.72. The molecule has 1 aliphatic heterocycles. The van der Waals surface area contributed by atoms with Gasteiger partial charge in [-0.3, -0.25) is 9.69 Å². The molecule has 0 bridgehead atoms. The van der Waals surface area contributed by atoms with E-state index in [-0.39, 0.29) is 5.91 Å². The molecule has 0 radical (unpaired) electrons. The molecule has 0 fully saturated rings. The van der Waals surface area contributed by atoms with Gasteiger partial charge < -0.3 is 4.74 Å². The zero-order valence-electron chi connectivity index (χ0n) is 10.6. The summed E-state index contributed by atoms with van der Waals surface area (Å²) in [7, 11) is 0. The van der Waals surface area contributed by atoms with E-state index >= 15 is 0 Å². The van der Waals surface area contributed by atoms with Crippen molar-refractivity contribution >= 4 is 11.7 Å². The van der Waals surface area contributed by atoms with Crippen LogP contribution in [0.25, 0.3) is 0 Å². The van der Waals surface area contributed by atoms with Crippen molar-refractivity contribution in [3.8, 4) is 5.75 Å². The number of rotatable bonds is 2. The highest BCUT2D eigenvalue weighted by atomic mass is 16.5. The van der Waals surface area contributed by atoms with E-state index in [1.807, 2.05) is 42.5 Å². The van der Waals surface area contributed by atoms with Crippen LogP contribution < -0.4 is 9.64 Å². The van der Waals surface area contributed by atoms with Gasteiger partial charge in [-0.1, -0.05) is 30.3 Å². The molecule has 0 aliphatic carbocycles. The quantitative estimate of drug-likeness (QED) is 0.826. The molecular formula is C15H14N2O2. The molecule has 1 aromatic heterocycles. The Morgan fingerprint density at radius 1 is 1.21 bits per heavy atom. The SMILES string of the molecule is CC1Oc2cccnc2N(Cc2ccccc2)C1=O. The van der Waals surface area contributed by atoms with Gasteiger partial charge in [-0.05, 0) is 24.6 Å². The topological polar surface area (TPSA) is 42.4 Å². The van der Waals surface area contributed by atoms with Crippen LogP contribution in [0.3, 0.4) is 0 Å². The third-order valence-electron chi connectivity index (χ3n) is 3.11. The van der Waals surface area contributed by atoms with Crippen molar-refractivity contribution in [1.82, 2.24) is 4.98 Å². The van der Waals surface area contributed by atoms with Gasteiger partial charge in [0.2, 0.25) is 0 Å². The molecule has 1 aromatic carbocycles. The van der Waals surface area contributed by atoms with Gasteiger partial charge in [-0.2, -0.15) is 0 Å². The Bertz CT molecular complexity index is 598. The van der Waals surface area contributed by atoms with Crippen LogP contribution in [0, 0.1) is 0 Å². The zero-order valence-corrected chi connectivity index (χ0v) is 10.6. The third kappa shape index (κ3) is 2.17. The molecule has 0 spiro atoms. The van der Waals surface area contributed by atoms with Crippen molar-refractivity contribution in [3.05, 3.63) is 54.2 Å². The van der Waals surface area contributed by atoms with Crippen LogP contribution in [-0.4, -0.2) is 17.0 Å². The maximum atomic E-state index is 12.3. The highest BCUT2D eigenvalue weighted by molar-refractivity contribution is 5.98. The standard InChI is InChI=1S/C15H14N2O2/c1-11-15(18)17(10-12-6-3-2-4-7-12)14-13(19-11)8-5-9-16-14/h2-9,11H,10H2,1H3. The van der Waals surface area contributed by atoms with Gasteiger partial charge in [0.1, 0.15) is 0 Å². The van der Waals surface area contributed by atoms with Gasteiger partial charge in [0.15, 0.2) is 17.7 Å². The van der Waals surface area contributed by atoms with E-state index in [2.05, 4.69) is 4.98 Å². The maximum absolute atomic E-state index is 12.3. The number of amides is 1. The maximum Gasteiger partial charge on any atom is 0.269 e. The summed E-state index contributed by atoms with van der Waals surface area (Å²) in [6, 6.07) is 13.5. The Morgan fingerprint density at radius 2 is 2.00 bits per heavy atom. The van der Waals surface area contributed by atoms with E-state index in [0.29, 0.717) is 18.1 Å². The fourth-order valence-corrected chi connectivity index (χ4v) is 2.16. The molecule has 96 valence electrons. The van der Waals surface area contributed by atoms with Gasteiger partial charge in [0.25, 0.3) is 5.91 Å². The Hall–Kier alpha value is -2.36. The van der Waals surface area contributed by atoms with Crippen LogP contribution in [0.4, 0.5) is 5.82 Å². The Labute approximate surface area is 111 Å². The Kier molecular flexibility index (Phi) is 2.91. The second-order valence-corrected chi connectivity index (χ2v) is 4.50. The summed E-state index contributed by atoms with van der Waals surface area (Å²) in [6.07, 6.45) is 1.20. The average molecular weight is 254 g/mol. The highest BCUT2D eigenvalue weighted by Crippen LogP contribution is 2.32. The molecule has 4 heteroatoms. The van der Waals surface area contributed by atoms with E-state index < -0.39 is 6.10 Å². The van der Waals surface area contributed by atoms with E-state index in [4.69, 9.17) is 4.74 Å². The summed E-state index contributed by atoms with van der Waals surface area (Å²) in [6.45, 7) is 2.27. The third-order valence-corrected chi connectivity index (χ3v) is 3.11. The average Bonchev–Trinajstić information content (AvgIpc) is 2.45. The molecule has 1 unspecified atom stereocenters. The van der Waals surface area contributed by atoms with Crippen LogP contribution in [-0.2, 0) is 11.3 Å². The molecule has 4 nitrogen and oxygen atoms in total. The number of aromatic nitrogens is 1. The van der Waals surface area contributed by atoms with E-state index in [1.165, 1.54) is 0 Å². The monoisotopic (exact) mass is 254 g/mol. The number of fused-ring (bicyclic) bond motifs is 1. The molecule has 1 atom stereocenters. The van der Waals surface area contributed by atoms with Gasteiger partial charge in [0.05, 0.1) is 6.54 Å². The number of carbonyl (C=O) groups excluding carboxylic acids is 1. The van der Waals surface area contributed by atoms with Crippen molar-refractivity contribution in [3.63, 3.8) is 0 Å². The molecule has 3 rings (SSSR count). The number of hydrogen-bond donors (Lipinski definition) is 0. The van der Waals surface area contributed by atoms with E-state index in [9.17, 15) is 4.79 Å². The first-order valence-corrected chi connectivity index (χ1v) is 6.22. The first kappa shape index (κ1) is 11.7. The summed E-state index contributed by atoms with van der Waals surface area (Å²) in [5.41, 5.74) is 1.07. The second-order valence-electron chi connectivity index (χ2n) is 4.50. The summed E-state index contributed by atoms with van der Waals surface area (Å²) in [5.74, 6) is 1.19. The molecule has 2 heterocycles. The summed E-state index contributed by atoms with van der Waals surface area (Å²) >= 11 is 0. The van der Waals surface area contributed by atoms with E-state index in [0.717, 1.165) is 5.56 Å². The lowest BCUT2D eigenvalue weighted by atomic mass is 10.2. The molecule has 1 aliphatic rings. The molecule has 0 saturated carbocycles. The van der Waals surface area contributed by atoms with Crippen LogP contribution in [0.2, 0.25) is 0 Å². The first-order chi connectivity index (χ1) is 9.25. The molecule has 2 aromatic rings. The lowest BCUT2D eigenvalue weighted by Crippen LogP contribution is -2.44. The van der Waals surface area contributed by atoms with Crippen molar-refractivity contribution in [1.29, 1.82) is 0 Å². The number of nitrogens with zero attached hydrogens (tertiary/aromatic N) is 2. The largest absolute Gasteiger partial charge is 0.477 e. The fourth-order valence-electron chi connectivity index (χ4n) is 2.16. The number of anilines is 1. The minimum atomic E-state index is -0.472. The predicted molar refractivity (Wildman–Crippen MR) is 72.0 cm³/mol. The van der Waals surface area contributed by atoms with Crippen molar-refractivity contribution in [2.24, 2.45) is 0 Å². The van der Waals surface area contributed by atoms with Crippen LogP contribution in [0.5, 0.6) is 5.75 Å². The number of ether oxygens (including phenoxy) is 1. The minimum absolute atomic E-state index is 0.0601. The molecule has 0 saturated heterocycles. The zero-order chi connectivity index (χ0) is 13.2. The van der Waals surface area contributed by atoms with Gasteiger partial charge in [0, 0.05) is 6.20 Å². The van der Waals surface area contributed by atoms with Crippen LogP contribution in [0.15, 0.2) is 48.7 Å². The highest BCUT2D eigenvalue weighted by Gasteiger charge is 2.32. The van der Waals surface area contributed by atoms with Crippen molar-refractivity contribution in [2.75, 3.05) is 4.90 Å². The lowest BCUT2D eigenvalue weighted by Gasteiger charge is -2.31. The molecular weight excluding hydrogens is 240 g/mol. The normalized spacial score (nSPS) is 17.8. The smallest absolute Gasteiger partial charge is 0.269 e. The Balaban J connectivity index is 1.97. The molecule has 1 amide bonds. The van der Waals surface area contributed by atoms with Gasteiger partial charge >= 0.3 is 0 Å². The van der Waals surface area contributed by atoms with Crippen molar-refractivity contribution in [2.45, 2.75) is 19.6 Å². The number of carbonyl (C=O) groups is 1. The summed E-state index contributed by atoms with van der Waals surface area (Å²) in [4.78, 5) is 18.2. The minimum Gasteiger partial charge on any atom is -0.477 e.